The van der Waals surface area contributed by atoms with Gasteiger partial charge in [0.25, 0.3) is 0 Å². The lowest BCUT2D eigenvalue weighted by Crippen LogP contribution is -2.27. The summed E-state index contributed by atoms with van der Waals surface area (Å²) in [5.74, 6) is 0.849. The maximum absolute atomic E-state index is 11.1. The summed E-state index contributed by atoms with van der Waals surface area (Å²) >= 11 is 1.51. The van der Waals surface area contributed by atoms with Crippen molar-refractivity contribution in [3.63, 3.8) is 0 Å². The summed E-state index contributed by atoms with van der Waals surface area (Å²) in [5.41, 5.74) is 1.11. The van der Waals surface area contributed by atoms with Crippen LogP contribution in [0.5, 0.6) is 5.75 Å². The molecule has 1 aromatic rings. The van der Waals surface area contributed by atoms with Gasteiger partial charge in [-0.2, -0.15) is 11.8 Å². The molecule has 1 aromatic carbocycles. The van der Waals surface area contributed by atoms with Gasteiger partial charge in [0.05, 0.1) is 5.75 Å². The van der Waals surface area contributed by atoms with Crippen LogP contribution < -0.4 is 5.32 Å². The Morgan fingerprint density at radius 3 is 2.67 bits per heavy atom. The fourth-order valence-corrected chi connectivity index (χ4v) is 1.56. The lowest BCUT2D eigenvalue weighted by molar-refractivity contribution is -0.118. The van der Waals surface area contributed by atoms with E-state index in [1.54, 1.807) is 12.1 Å². The minimum atomic E-state index is 0.0706. The molecule has 1 rings (SSSR count). The molecule has 2 N–H and O–H groups in total. The van der Waals surface area contributed by atoms with Crippen LogP contribution in [0.25, 0.3) is 0 Å². The second-order valence-corrected chi connectivity index (χ2v) is 4.07. The molecule has 0 bridgehead atoms. The zero-order valence-electron chi connectivity index (χ0n) is 8.69. The lowest BCUT2D eigenvalue weighted by Gasteiger charge is -2.04. The van der Waals surface area contributed by atoms with Gasteiger partial charge < -0.3 is 10.4 Å². The molecule has 0 spiro atoms. The van der Waals surface area contributed by atoms with E-state index >= 15 is 0 Å². The molecule has 0 unspecified atom stereocenters. The van der Waals surface area contributed by atoms with Gasteiger partial charge in [0.15, 0.2) is 0 Å². The molecular weight excluding hydrogens is 210 g/mol. The molecular formula is C11H15NO2S. The molecule has 0 aliphatic rings. The van der Waals surface area contributed by atoms with Crippen molar-refractivity contribution < 1.29 is 9.90 Å². The summed E-state index contributed by atoms with van der Waals surface area (Å²) in [5, 5.41) is 11.9. The van der Waals surface area contributed by atoms with Gasteiger partial charge in [0, 0.05) is 6.54 Å². The number of phenolic OH excluding ortho intramolecular Hbond substituents is 1. The molecule has 82 valence electrons. The van der Waals surface area contributed by atoms with Gasteiger partial charge in [0.1, 0.15) is 5.75 Å². The second kappa shape index (κ2) is 6.35. The summed E-state index contributed by atoms with van der Waals surface area (Å²) in [4.78, 5) is 11.1. The maximum Gasteiger partial charge on any atom is 0.229 e. The largest absolute Gasteiger partial charge is 0.508 e. The smallest absolute Gasteiger partial charge is 0.229 e. The number of rotatable bonds is 5. The van der Waals surface area contributed by atoms with Crippen molar-refractivity contribution >= 4 is 17.7 Å². The number of hydrogen-bond donors (Lipinski definition) is 2. The first-order valence-corrected chi connectivity index (χ1v) is 6.15. The van der Waals surface area contributed by atoms with Gasteiger partial charge in [-0.1, -0.05) is 12.1 Å². The molecule has 0 atom stereocenters. The summed E-state index contributed by atoms with van der Waals surface area (Å²) in [7, 11) is 0. The van der Waals surface area contributed by atoms with E-state index in [-0.39, 0.29) is 11.7 Å². The first-order chi connectivity index (χ1) is 7.22. The molecule has 3 nitrogen and oxygen atoms in total. The Labute approximate surface area is 93.9 Å². The van der Waals surface area contributed by atoms with Crippen LogP contribution in [-0.4, -0.2) is 29.6 Å². The minimum absolute atomic E-state index is 0.0706. The Morgan fingerprint density at radius 2 is 2.07 bits per heavy atom. The first-order valence-electron chi connectivity index (χ1n) is 4.76. The number of phenols is 1. The Bertz CT molecular complexity index is 311. The summed E-state index contributed by atoms with van der Waals surface area (Å²) in [6.07, 6.45) is 2.69. The van der Waals surface area contributed by atoms with Gasteiger partial charge in [-0.25, -0.2) is 0 Å². The SMILES string of the molecule is CSCC(=O)NCCc1ccc(O)cc1. The van der Waals surface area contributed by atoms with Crippen molar-refractivity contribution in [1.29, 1.82) is 0 Å². The number of thioether (sulfide) groups is 1. The highest BCUT2D eigenvalue weighted by molar-refractivity contribution is 7.99. The topological polar surface area (TPSA) is 49.3 Å². The van der Waals surface area contributed by atoms with Gasteiger partial charge in [0.2, 0.25) is 5.91 Å². The third-order valence-corrected chi connectivity index (χ3v) is 2.50. The zero-order chi connectivity index (χ0) is 11.1. The van der Waals surface area contributed by atoms with Crippen LogP contribution in [0.1, 0.15) is 5.56 Å². The van der Waals surface area contributed by atoms with E-state index in [9.17, 15) is 4.79 Å². The number of nitrogens with one attached hydrogen (secondary N) is 1. The average Bonchev–Trinajstić information content (AvgIpc) is 2.21. The normalized spacial score (nSPS) is 9.93. The molecule has 1 amide bonds. The maximum atomic E-state index is 11.1. The molecule has 0 heterocycles. The third-order valence-electron chi connectivity index (χ3n) is 1.95. The Hall–Kier alpha value is -1.16. The minimum Gasteiger partial charge on any atom is -0.508 e. The lowest BCUT2D eigenvalue weighted by atomic mass is 10.1. The first kappa shape index (κ1) is 11.9. The monoisotopic (exact) mass is 225 g/mol. The fraction of sp³-hybridized carbons (Fsp3) is 0.364. The van der Waals surface area contributed by atoms with Crippen molar-refractivity contribution in [2.45, 2.75) is 6.42 Å². The Balaban J connectivity index is 2.26. The van der Waals surface area contributed by atoms with Crippen molar-refractivity contribution in [2.75, 3.05) is 18.6 Å². The van der Waals surface area contributed by atoms with Crippen LogP contribution in [0.4, 0.5) is 0 Å². The number of aromatic hydroxyl groups is 1. The van der Waals surface area contributed by atoms with Gasteiger partial charge in [-0.3, -0.25) is 4.79 Å². The predicted molar refractivity (Wildman–Crippen MR) is 63.2 cm³/mol. The van der Waals surface area contributed by atoms with Crippen LogP contribution in [0, 0.1) is 0 Å². The highest BCUT2D eigenvalue weighted by atomic mass is 32.2. The summed E-state index contributed by atoms with van der Waals surface area (Å²) < 4.78 is 0. The molecule has 0 aliphatic carbocycles. The molecule has 0 fully saturated rings. The highest BCUT2D eigenvalue weighted by Gasteiger charge is 1.98. The fourth-order valence-electron chi connectivity index (χ4n) is 1.19. The van der Waals surface area contributed by atoms with E-state index in [1.165, 1.54) is 11.8 Å². The van der Waals surface area contributed by atoms with E-state index < -0.39 is 0 Å². The number of amides is 1. The van der Waals surface area contributed by atoms with E-state index in [2.05, 4.69) is 5.32 Å². The second-order valence-electron chi connectivity index (χ2n) is 3.20. The molecule has 4 heteroatoms. The standard InChI is InChI=1S/C11H15NO2S/c1-15-8-11(14)12-7-6-9-2-4-10(13)5-3-9/h2-5,13H,6-8H2,1H3,(H,12,14). The van der Waals surface area contributed by atoms with Crippen LogP contribution >= 0.6 is 11.8 Å². The summed E-state index contributed by atoms with van der Waals surface area (Å²) in [6.45, 7) is 0.643. The molecule has 0 aromatic heterocycles. The molecule has 0 saturated carbocycles. The van der Waals surface area contributed by atoms with Crippen LogP contribution in [0.15, 0.2) is 24.3 Å². The molecule has 0 radical (unpaired) electrons. The molecule has 0 aliphatic heterocycles. The van der Waals surface area contributed by atoms with E-state index in [4.69, 9.17) is 5.11 Å². The van der Waals surface area contributed by atoms with Gasteiger partial charge >= 0.3 is 0 Å². The Kier molecular flexibility index (Phi) is 5.04. The van der Waals surface area contributed by atoms with Crippen LogP contribution in [0.2, 0.25) is 0 Å². The van der Waals surface area contributed by atoms with Crippen molar-refractivity contribution in [2.24, 2.45) is 0 Å². The van der Waals surface area contributed by atoms with Crippen molar-refractivity contribution in [3.8, 4) is 5.75 Å². The highest BCUT2D eigenvalue weighted by Crippen LogP contribution is 2.09. The van der Waals surface area contributed by atoms with E-state index in [1.807, 2.05) is 18.4 Å². The summed E-state index contributed by atoms with van der Waals surface area (Å²) in [6, 6.07) is 7.02. The number of carbonyl (C=O) groups excluding carboxylic acids is 1. The van der Waals surface area contributed by atoms with E-state index in [0.717, 1.165) is 12.0 Å². The van der Waals surface area contributed by atoms with Crippen LogP contribution in [-0.2, 0) is 11.2 Å². The average molecular weight is 225 g/mol. The van der Waals surface area contributed by atoms with Crippen molar-refractivity contribution in [3.05, 3.63) is 29.8 Å². The third kappa shape index (κ3) is 4.74. The van der Waals surface area contributed by atoms with Crippen molar-refractivity contribution in [1.82, 2.24) is 5.32 Å². The number of benzene rings is 1. The zero-order valence-corrected chi connectivity index (χ0v) is 9.51. The number of hydrogen-bond acceptors (Lipinski definition) is 3. The predicted octanol–water partition coefficient (Wildman–Crippen LogP) is 1.41. The van der Waals surface area contributed by atoms with Crippen LogP contribution in [0.3, 0.4) is 0 Å². The van der Waals surface area contributed by atoms with Gasteiger partial charge in [-0.05, 0) is 30.4 Å². The quantitative estimate of drug-likeness (QED) is 0.796. The van der Waals surface area contributed by atoms with E-state index in [0.29, 0.717) is 12.3 Å². The Morgan fingerprint density at radius 1 is 1.40 bits per heavy atom. The molecule has 15 heavy (non-hydrogen) atoms. The van der Waals surface area contributed by atoms with Gasteiger partial charge in [-0.15, -0.1) is 0 Å². The number of carbonyl (C=O) groups is 1. The molecule has 0 saturated heterocycles.